The summed E-state index contributed by atoms with van der Waals surface area (Å²) in [6.07, 6.45) is 5.79. The molecular weight excluding hydrogens is 192 g/mol. The molecule has 0 aromatic carbocycles. The number of hydrogen-bond acceptors (Lipinski definition) is 0. The van der Waals surface area contributed by atoms with Crippen LogP contribution in [0.4, 0.5) is 0 Å². The van der Waals surface area contributed by atoms with Crippen molar-refractivity contribution in [3.63, 3.8) is 0 Å². The summed E-state index contributed by atoms with van der Waals surface area (Å²) < 4.78 is 0. The molecule has 1 aliphatic rings. The molecule has 0 bridgehead atoms. The van der Waals surface area contributed by atoms with Crippen molar-refractivity contribution in [1.29, 1.82) is 0 Å². The zero-order valence-corrected chi connectivity index (χ0v) is 12.3. The zero-order valence-electron chi connectivity index (χ0n) is 12.3. The van der Waals surface area contributed by atoms with E-state index >= 15 is 0 Å². The molecule has 0 N–H and O–H groups in total. The van der Waals surface area contributed by atoms with Crippen LogP contribution in [-0.4, -0.2) is 0 Å². The number of rotatable bonds is 7. The van der Waals surface area contributed by atoms with Crippen LogP contribution in [-0.2, 0) is 0 Å². The van der Waals surface area contributed by atoms with Crippen LogP contribution >= 0.6 is 0 Å². The van der Waals surface area contributed by atoms with Gasteiger partial charge in [-0.3, -0.25) is 0 Å². The standard InChI is InChI=1S/C16H32/c1-11(2)8-7-9-13(5)10-15-14(6)16(15)12(3)4/h11-16H,7-10H2,1-6H3. The second-order valence-corrected chi connectivity index (χ2v) is 7.01. The monoisotopic (exact) mass is 224 g/mol. The highest BCUT2D eigenvalue weighted by atomic mass is 14.5. The Morgan fingerprint density at radius 3 is 2.00 bits per heavy atom. The van der Waals surface area contributed by atoms with Gasteiger partial charge in [-0.25, -0.2) is 0 Å². The Balaban J connectivity index is 2.13. The van der Waals surface area contributed by atoms with Crippen LogP contribution in [0.15, 0.2) is 0 Å². The highest BCUT2D eigenvalue weighted by Gasteiger charge is 2.47. The molecule has 4 atom stereocenters. The van der Waals surface area contributed by atoms with E-state index in [1.54, 1.807) is 0 Å². The molecule has 0 saturated heterocycles. The first-order valence-electron chi connectivity index (χ1n) is 7.43. The minimum atomic E-state index is 0.885. The van der Waals surface area contributed by atoms with Gasteiger partial charge in [0.05, 0.1) is 0 Å². The van der Waals surface area contributed by atoms with Gasteiger partial charge in [-0.2, -0.15) is 0 Å². The summed E-state index contributed by atoms with van der Waals surface area (Å²) in [5.41, 5.74) is 0. The van der Waals surface area contributed by atoms with Crippen molar-refractivity contribution in [2.24, 2.45) is 35.5 Å². The lowest BCUT2D eigenvalue weighted by molar-refractivity contribution is 0.393. The lowest BCUT2D eigenvalue weighted by Gasteiger charge is -2.12. The van der Waals surface area contributed by atoms with Gasteiger partial charge in [0.2, 0.25) is 0 Å². The molecule has 0 heterocycles. The third kappa shape index (κ3) is 4.11. The van der Waals surface area contributed by atoms with Crippen molar-refractivity contribution in [2.45, 2.75) is 67.2 Å². The van der Waals surface area contributed by atoms with Crippen LogP contribution in [0, 0.1) is 35.5 Å². The summed E-state index contributed by atoms with van der Waals surface area (Å²) in [7, 11) is 0. The van der Waals surface area contributed by atoms with Gasteiger partial charge in [0, 0.05) is 0 Å². The smallest absolute Gasteiger partial charge is 0.0331 e. The van der Waals surface area contributed by atoms with Crippen molar-refractivity contribution in [3.8, 4) is 0 Å². The fourth-order valence-corrected chi connectivity index (χ4v) is 3.51. The molecule has 0 amide bonds. The molecule has 16 heavy (non-hydrogen) atoms. The van der Waals surface area contributed by atoms with Gasteiger partial charge in [0.1, 0.15) is 0 Å². The van der Waals surface area contributed by atoms with Crippen LogP contribution in [0.2, 0.25) is 0 Å². The summed E-state index contributed by atoms with van der Waals surface area (Å²) >= 11 is 0. The molecule has 0 heteroatoms. The molecule has 1 rings (SSSR count). The predicted octanol–water partition coefficient (Wildman–Crippen LogP) is 5.38. The lowest BCUT2D eigenvalue weighted by atomic mass is 9.94. The van der Waals surface area contributed by atoms with Crippen molar-refractivity contribution >= 4 is 0 Å². The molecule has 1 fully saturated rings. The molecule has 0 spiro atoms. The van der Waals surface area contributed by atoms with Crippen LogP contribution in [0.5, 0.6) is 0 Å². The maximum absolute atomic E-state index is 2.46. The first kappa shape index (κ1) is 14.1. The molecule has 1 saturated carbocycles. The van der Waals surface area contributed by atoms with E-state index in [-0.39, 0.29) is 0 Å². The fraction of sp³-hybridized carbons (Fsp3) is 1.00. The van der Waals surface area contributed by atoms with Crippen molar-refractivity contribution in [1.82, 2.24) is 0 Å². The first-order valence-corrected chi connectivity index (χ1v) is 7.43. The molecule has 0 radical (unpaired) electrons. The minimum Gasteiger partial charge on any atom is -0.0628 e. The van der Waals surface area contributed by atoms with Crippen LogP contribution in [0.25, 0.3) is 0 Å². The predicted molar refractivity (Wildman–Crippen MR) is 73.5 cm³/mol. The first-order chi connectivity index (χ1) is 7.43. The normalized spacial score (nSPS) is 31.1. The van der Waals surface area contributed by atoms with Crippen molar-refractivity contribution in [2.75, 3.05) is 0 Å². The third-order valence-electron chi connectivity index (χ3n) is 4.56. The summed E-state index contributed by atoms with van der Waals surface area (Å²) in [6, 6.07) is 0. The van der Waals surface area contributed by atoms with E-state index in [9.17, 15) is 0 Å². The molecule has 0 aliphatic heterocycles. The Morgan fingerprint density at radius 2 is 1.56 bits per heavy atom. The highest BCUT2D eigenvalue weighted by Crippen LogP contribution is 2.53. The average Bonchev–Trinajstić information content (AvgIpc) is 2.75. The van der Waals surface area contributed by atoms with E-state index < -0.39 is 0 Å². The van der Waals surface area contributed by atoms with Gasteiger partial charge in [-0.1, -0.05) is 60.8 Å². The molecule has 0 aromatic rings. The van der Waals surface area contributed by atoms with Crippen molar-refractivity contribution in [3.05, 3.63) is 0 Å². The maximum Gasteiger partial charge on any atom is -0.0331 e. The average molecular weight is 224 g/mol. The highest BCUT2D eigenvalue weighted by molar-refractivity contribution is 4.96. The maximum atomic E-state index is 2.46. The van der Waals surface area contributed by atoms with Gasteiger partial charge in [-0.15, -0.1) is 0 Å². The molecule has 4 unspecified atom stereocenters. The van der Waals surface area contributed by atoms with Crippen LogP contribution < -0.4 is 0 Å². The van der Waals surface area contributed by atoms with E-state index in [0.29, 0.717) is 0 Å². The Bertz CT molecular complexity index is 192. The topological polar surface area (TPSA) is 0 Å². The third-order valence-corrected chi connectivity index (χ3v) is 4.56. The quantitative estimate of drug-likeness (QED) is 0.545. The van der Waals surface area contributed by atoms with E-state index in [2.05, 4.69) is 41.5 Å². The van der Waals surface area contributed by atoms with Gasteiger partial charge < -0.3 is 0 Å². The Kier molecular flexibility index (Phi) is 5.34. The largest absolute Gasteiger partial charge is 0.0628 e. The second-order valence-electron chi connectivity index (χ2n) is 7.01. The van der Waals surface area contributed by atoms with E-state index in [4.69, 9.17) is 0 Å². The molecular formula is C16H32. The summed E-state index contributed by atoms with van der Waals surface area (Å²) in [5.74, 6) is 5.84. The van der Waals surface area contributed by atoms with E-state index in [1.807, 2.05) is 0 Å². The fourth-order valence-electron chi connectivity index (χ4n) is 3.51. The molecule has 96 valence electrons. The van der Waals surface area contributed by atoms with Gasteiger partial charge in [0.25, 0.3) is 0 Å². The summed E-state index contributed by atoms with van der Waals surface area (Å²) in [6.45, 7) is 14.4. The Labute approximate surface area is 103 Å². The molecule has 1 aliphatic carbocycles. The number of hydrogen-bond donors (Lipinski definition) is 0. The Morgan fingerprint density at radius 1 is 0.938 bits per heavy atom. The Hall–Kier alpha value is 0. The van der Waals surface area contributed by atoms with Crippen LogP contribution in [0.3, 0.4) is 0 Å². The van der Waals surface area contributed by atoms with E-state index in [0.717, 1.165) is 35.5 Å². The second kappa shape index (κ2) is 6.07. The van der Waals surface area contributed by atoms with Crippen LogP contribution in [0.1, 0.15) is 67.2 Å². The van der Waals surface area contributed by atoms with Gasteiger partial charge >= 0.3 is 0 Å². The SMILES string of the molecule is CC(C)CCCC(C)CC1C(C)C1C(C)C. The lowest BCUT2D eigenvalue weighted by Crippen LogP contribution is -2.00. The summed E-state index contributed by atoms with van der Waals surface area (Å²) in [4.78, 5) is 0. The molecule has 0 aromatic heterocycles. The van der Waals surface area contributed by atoms with E-state index in [1.165, 1.54) is 25.7 Å². The van der Waals surface area contributed by atoms with Gasteiger partial charge in [-0.05, 0) is 41.9 Å². The molecule has 0 nitrogen and oxygen atoms in total. The summed E-state index contributed by atoms with van der Waals surface area (Å²) in [5, 5.41) is 0. The van der Waals surface area contributed by atoms with Gasteiger partial charge in [0.15, 0.2) is 0 Å². The minimum absolute atomic E-state index is 0.885. The zero-order chi connectivity index (χ0) is 12.3. The van der Waals surface area contributed by atoms with Crippen molar-refractivity contribution < 1.29 is 0 Å².